The zero-order chi connectivity index (χ0) is 16.4. The van der Waals surface area contributed by atoms with Gasteiger partial charge in [-0.2, -0.15) is 0 Å². The van der Waals surface area contributed by atoms with Crippen LogP contribution in [-0.2, 0) is 23.0 Å². The van der Waals surface area contributed by atoms with Crippen molar-refractivity contribution < 1.29 is 17.9 Å². The van der Waals surface area contributed by atoms with E-state index in [2.05, 4.69) is 0 Å². The Labute approximate surface area is 134 Å². The normalized spacial score (nSPS) is 14.2. The highest BCUT2D eigenvalue weighted by Gasteiger charge is 2.23. The van der Waals surface area contributed by atoms with Crippen molar-refractivity contribution in [2.45, 2.75) is 17.9 Å². The maximum Gasteiger partial charge on any atom is 0.415 e. The Hall–Kier alpha value is -2.38. The van der Waals surface area contributed by atoms with E-state index >= 15 is 0 Å². The number of nitrogens with two attached hydrogens (primary N) is 1. The second kappa shape index (κ2) is 6.02. The summed E-state index contributed by atoms with van der Waals surface area (Å²) < 4.78 is 28.2. The molecule has 0 unspecified atom stereocenters. The summed E-state index contributed by atoms with van der Waals surface area (Å²) in [6, 6.07) is 13.6. The monoisotopic (exact) mass is 332 g/mol. The summed E-state index contributed by atoms with van der Waals surface area (Å²) in [4.78, 5) is 13.8. The highest BCUT2D eigenvalue weighted by Crippen LogP contribution is 2.23. The molecule has 0 spiro atoms. The number of sulfonamides is 1. The molecule has 0 bridgehead atoms. The SMILES string of the molecule is NS(=O)(=O)c1ccc2c(c1)CN(C(=O)Oc1ccccc1)CC2. The second-order valence-corrected chi connectivity index (χ2v) is 6.89. The number of benzene rings is 2. The fraction of sp³-hybridized carbons (Fsp3) is 0.188. The lowest BCUT2D eigenvalue weighted by Gasteiger charge is -2.28. The highest BCUT2D eigenvalue weighted by molar-refractivity contribution is 7.89. The molecule has 1 aliphatic heterocycles. The Morgan fingerprint density at radius 1 is 1.09 bits per heavy atom. The first-order valence-electron chi connectivity index (χ1n) is 7.10. The maximum absolute atomic E-state index is 12.2. The summed E-state index contributed by atoms with van der Waals surface area (Å²) in [5, 5.41) is 5.15. The minimum atomic E-state index is -3.76. The van der Waals surface area contributed by atoms with Gasteiger partial charge in [0.25, 0.3) is 0 Å². The predicted molar refractivity (Wildman–Crippen MR) is 84.4 cm³/mol. The fourth-order valence-corrected chi connectivity index (χ4v) is 3.08. The maximum atomic E-state index is 12.2. The zero-order valence-corrected chi connectivity index (χ0v) is 13.1. The third-order valence-electron chi connectivity index (χ3n) is 3.73. The van der Waals surface area contributed by atoms with Crippen LogP contribution in [0, 0.1) is 0 Å². The molecule has 0 fully saturated rings. The van der Waals surface area contributed by atoms with Gasteiger partial charge in [0.2, 0.25) is 10.0 Å². The van der Waals surface area contributed by atoms with Gasteiger partial charge in [0.05, 0.1) is 4.90 Å². The van der Waals surface area contributed by atoms with Gasteiger partial charge in [-0.05, 0) is 41.8 Å². The lowest BCUT2D eigenvalue weighted by Crippen LogP contribution is -2.38. The molecule has 7 heteroatoms. The molecule has 6 nitrogen and oxygen atoms in total. The molecule has 120 valence electrons. The molecule has 1 heterocycles. The van der Waals surface area contributed by atoms with E-state index in [1.165, 1.54) is 12.1 Å². The van der Waals surface area contributed by atoms with Crippen molar-refractivity contribution in [2.24, 2.45) is 5.14 Å². The van der Waals surface area contributed by atoms with E-state index < -0.39 is 16.1 Å². The van der Waals surface area contributed by atoms with Crippen LogP contribution in [0.15, 0.2) is 53.4 Å². The van der Waals surface area contributed by atoms with Crippen molar-refractivity contribution in [3.8, 4) is 5.75 Å². The Bertz CT molecular complexity index is 834. The fourth-order valence-electron chi connectivity index (χ4n) is 2.52. The van der Waals surface area contributed by atoms with E-state index in [0.717, 1.165) is 11.1 Å². The Balaban J connectivity index is 1.78. The van der Waals surface area contributed by atoms with Gasteiger partial charge in [-0.1, -0.05) is 24.3 Å². The van der Waals surface area contributed by atoms with Crippen molar-refractivity contribution in [1.29, 1.82) is 0 Å². The molecule has 1 amide bonds. The average molecular weight is 332 g/mol. The van der Waals surface area contributed by atoms with Crippen LogP contribution < -0.4 is 9.88 Å². The van der Waals surface area contributed by atoms with Gasteiger partial charge in [0.1, 0.15) is 5.75 Å². The number of fused-ring (bicyclic) bond motifs is 1. The van der Waals surface area contributed by atoms with Crippen LogP contribution in [0.5, 0.6) is 5.75 Å². The van der Waals surface area contributed by atoms with Crippen LogP contribution in [0.1, 0.15) is 11.1 Å². The van der Waals surface area contributed by atoms with Crippen molar-refractivity contribution in [1.82, 2.24) is 4.90 Å². The van der Waals surface area contributed by atoms with Gasteiger partial charge in [0.15, 0.2) is 0 Å². The lowest BCUT2D eigenvalue weighted by molar-refractivity contribution is 0.147. The number of carbonyl (C=O) groups excluding carboxylic acids is 1. The number of nitrogens with zero attached hydrogens (tertiary/aromatic N) is 1. The molecular formula is C16H16N2O4S. The Kier molecular flexibility index (Phi) is 4.06. The van der Waals surface area contributed by atoms with Crippen LogP contribution in [0.2, 0.25) is 0 Å². The van der Waals surface area contributed by atoms with Gasteiger partial charge >= 0.3 is 6.09 Å². The topological polar surface area (TPSA) is 89.7 Å². The van der Waals surface area contributed by atoms with Crippen LogP contribution >= 0.6 is 0 Å². The zero-order valence-electron chi connectivity index (χ0n) is 12.3. The van der Waals surface area contributed by atoms with E-state index in [0.29, 0.717) is 25.3 Å². The van der Waals surface area contributed by atoms with Crippen LogP contribution in [-0.4, -0.2) is 26.0 Å². The van der Waals surface area contributed by atoms with Crippen molar-refractivity contribution in [3.63, 3.8) is 0 Å². The number of amides is 1. The Morgan fingerprint density at radius 2 is 1.83 bits per heavy atom. The van der Waals surface area contributed by atoms with Gasteiger partial charge in [-0.25, -0.2) is 18.4 Å². The van der Waals surface area contributed by atoms with E-state index in [9.17, 15) is 13.2 Å². The first kappa shape index (κ1) is 15.5. The first-order valence-corrected chi connectivity index (χ1v) is 8.64. The lowest BCUT2D eigenvalue weighted by atomic mass is 10.0. The quantitative estimate of drug-likeness (QED) is 0.909. The molecule has 2 aromatic rings. The number of carbonyl (C=O) groups is 1. The summed E-state index contributed by atoms with van der Waals surface area (Å²) in [5.74, 6) is 0.474. The summed E-state index contributed by atoms with van der Waals surface area (Å²) in [6.07, 6.45) is 0.187. The predicted octanol–water partition coefficient (Wildman–Crippen LogP) is 1.89. The smallest absolute Gasteiger partial charge is 0.410 e. The van der Waals surface area contributed by atoms with Gasteiger partial charge < -0.3 is 9.64 Å². The number of hydrogen-bond acceptors (Lipinski definition) is 4. The van der Waals surface area contributed by atoms with E-state index in [4.69, 9.17) is 9.88 Å². The molecule has 3 rings (SSSR count). The molecule has 0 aromatic heterocycles. The number of rotatable bonds is 2. The third kappa shape index (κ3) is 3.52. The van der Waals surface area contributed by atoms with Crippen LogP contribution in [0.3, 0.4) is 0 Å². The van der Waals surface area contributed by atoms with E-state index in [-0.39, 0.29) is 4.90 Å². The summed E-state index contributed by atoms with van der Waals surface area (Å²) in [7, 11) is -3.76. The second-order valence-electron chi connectivity index (χ2n) is 5.33. The number of primary sulfonamides is 1. The van der Waals surface area contributed by atoms with Crippen LogP contribution in [0.4, 0.5) is 4.79 Å². The molecule has 2 aromatic carbocycles. The van der Waals surface area contributed by atoms with Gasteiger partial charge in [-0.15, -0.1) is 0 Å². The van der Waals surface area contributed by atoms with Gasteiger partial charge in [0, 0.05) is 13.1 Å². The van der Waals surface area contributed by atoms with E-state index in [1.807, 2.05) is 6.07 Å². The summed E-state index contributed by atoms with van der Waals surface area (Å²) in [5.41, 5.74) is 1.79. The Morgan fingerprint density at radius 3 is 2.52 bits per heavy atom. The molecule has 0 saturated heterocycles. The molecule has 0 radical (unpaired) electrons. The minimum Gasteiger partial charge on any atom is -0.410 e. The standard InChI is InChI=1S/C16H16N2O4S/c17-23(20,21)15-7-6-12-8-9-18(11-13(12)10-15)16(19)22-14-4-2-1-3-5-14/h1-7,10H,8-9,11H2,(H2,17,20,21). The molecule has 1 aliphatic rings. The number of hydrogen-bond donors (Lipinski definition) is 1. The summed E-state index contributed by atoms with van der Waals surface area (Å²) in [6.45, 7) is 0.817. The summed E-state index contributed by atoms with van der Waals surface area (Å²) >= 11 is 0. The van der Waals surface area contributed by atoms with E-state index in [1.54, 1.807) is 35.2 Å². The number of ether oxygens (including phenoxy) is 1. The van der Waals surface area contributed by atoms with Gasteiger partial charge in [-0.3, -0.25) is 0 Å². The third-order valence-corrected chi connectivity index (χ3v) is 4.64. The largest absolute Gasteiger partial charge is 0.415 e. The van der Waals surface area contributed by atoms with Crippen molar-refractivity contribution in [2.75, 3.05) is 6.54 Å². The minimum absolute atomic E-state index is 0.0505. The molecule has 0 aliphatic carbocycles. The highest BCUT2D eigenvalue weighted by atomic mass is 32.2. The molecule has 2 N–H and O–H groups in total. The molecular weight excluding hydrogens is 316 g/mol. The van der Waals surface area contributed by atoms with Crippen molar-refractivity contribution >= 4 is 16.1 Å². The first-order chi connectivity index (χ1) is 10.9. The average Bonchev–Trinajstić information content (AvgIpc) is 2.54. The van der Waals surface area contributed by atoms with Crippen LogP contribution in [0.25, 0.3) is 0 Å². The van der Waals surface area contributed by atoms with Crippen molar-refractivity contribution in [3.05, 3.63) is 59.7 Å². The number of para-hydroxylation sites is 1. The molecule has 0 saturated carbocycles. The molecule has 23 heavy (non-hydrogen) atoms. The molecule has 0 atom stereocenters.